The lowest BCUT2D eigenvalue weighted by molar-refractivity contribution is -0.184. The second-order valence-corrected chi connectivity index (χ2v) is 5.49. The standard InChI is InChI=1S/C13H18O7/c1-6(14)20-13(2)4-8(15)9-7(11(16)18-3)5-19-12(17)10(9)13/h7-10,15H,4-5H2,1-3H3/t7-,8+,9+,10-,13-/m1/s1. The van der Waals surface area contributed by atoms with Gasteiger partial charge >= 0.3 is 17.9 Å². The summed E-state index contributed by atoms with van der Waals surface area (Å²) in [7, 11) is 1.24. The van der Waals surface area contributed by atoms with Crippen molar-refractivity contribution in [1.82, 2.24) is 0 Å². The number of hydrogen-bond donors (Lipinski definition) is 1. The van der Waals surface area contributed by atoms with Crippen LogP contribution in [0.5, 0.6) is 0 Å². The molecule has 0 aromatic rings. The summed E-state index contributed by atoms with van der Waals surface area (Å²) in [6.07, 6.45) is -0.842. The van der Waals surface area contributed by atoms with Crippen molar-refractivity contribution in [2.24, 2.45) is 17.8 Å². The first-order valence-electron chi connectivity index (χ1n) is 6.42. The van der Waals surface area contributed by atoms with Gasteiger partial charge in [0.2, 0.25) is 0 Å². The summed E-state index contributed by atoms with van der Waals surface area (Å²) < 4.78 is 14.9. The van der Waals surface area contributed by atoms with Gasteiger partial charge in [-0.25, -0.2) is 0 Å². The van der Waals surface area contributed by atoms with Crippen LogP contribution in [0.3, 0.4) is 0 Å². The lowest BCUT2D eigenvalue weighted by Gasteiger charge is -2.37. The third kappa shape index (κ3) is 2.26. The van der Waals surface area contributed by atoms with Crippen LogP contribution in [0.1, 0.15) is 20.3 Å². The molecule has 0 radical (unpaired) electrons. The number of carbonyl (C=O) groups excluding carboxylic acids is 3. The number of ether oxygens (including phenoxy) is 3. The molecule has 1 aliphatic carbocycles. The number of cyclic esters (lactones) is 1. The molecular formula is C13H18O7. The summed E-state index contributed by atoms with van der Waals surface area (Å²) in [5.41, 5.74) is -1.17. The van der Waals surface area contributed by atoms with Crippen LogP contribution in [-0.4, -0.2) is 48.4 Å². The molecule has 1 N–H and O–H groups in total. The zero-order valence-electron chi connectivity index (χ0n) is 11.6. The molecule has 0 spiro atoms. The molecule has 1 saturated carbocycles. The second kappa shape index (κ2) is 5.05. The summed E-state index contributed by atoms with van der Waals surface area (Å²) in [6.45, 7) is 2.68. The second-order valence-electron chi connectivity index (χ2n) is 5.49. The molecule has 1 aliphatic heterocycles. The minimum Gasteiger partial charge on any atom is -0.469 e. The fraction of sp³-hybridized carbons (Fsp3) is 0.769. The molecular weight excluding hydrogens is 268 g/mol. The average molecular weight is 286 g/mol. The first kappa shape index (κ1) is 14.8. The van der Waals surface area contributed by atoms with E-state index in [1.54, 1.807) is 6.92 Å². The lowest BCUT2D eigenvalue weighted by Crippen LogP contribution is -2.50. The molecule has 2 rings (SSSR count). The molecule has 2 fully saturated rings. The van der Waals surface area contributed by atoms with E-state index in [9.17, 15) is 19.5 Å². The Morgan fingerprint density at radius 2 is 2.10 bits per heavy atom. The van der Waals surface area contributed by atoms with Gasteiger partial charge in [0.15, 0.2) is 0 Å². The van der Waals surface area contributed by atoms with Crippen LogP contribution < -0.4 is 0 Å². The largest absolute Gasteiger partial charge is 0.469 e. The van der Waals surface area contributed by atoms with E-state index in [1.165, 1.54) is 14.0 Å². The van der Waals surface area contributed by atoms with Crippen LogP contribution in [0.4, 0.5) is 0 Å². The number of esters is 3. The van der Waals surface area contributed by atoms with Crippen molar-refractivity contribution in [3.05, 3.63) is 0 Å². The van der Waals surface area contributed by atoms with Crippen molar-refractivity contribution >= 4 is 17.9 Å². The van der Waals surface area contributed by atoms with Crippen molar-refractivity contribution in [2.45, 2.75) is 32.0 Å². The molecule has 20 heavy (non-hydrogen) atoms. The van der Waals surface area contributed by atoms with Gasteiger partial charge in [0.1, 0.15) is 18.1 Å². The van der Waals surface area contributed by atoms with E-state index in [2.05, 4.69) is 4.74 Å². The van der Waals surface area contributed by atoms with E-state index < -0.39 is 47.4 Å². The van der Waals surface area contributed by atoms with Gasteiger partial charge in [0, 0.05) is 19.3 Å². The van der Waals surface area contributed by atoms with Gasteiger partial charge in [-0.15, -0.1) is 0 Å². The van der Waals surface area contributed by atoms with Crippen molar-refractivity contribution in [3.8, 4) is 0 Å². The van der Waals surface area contributed by atoms with Crippen molar-refractivity contribution in [1.29, 1.82) is 0 Å². The van der Waals surface area contributed by atoms with Gasteiger partial charge in [-0.2, -0.15) is 0 Å². The maximum Gasteiger partial charge on any atom is 0.313 e. The molecule has 0 aromatic heterocycles. The Balaban J connectivity index is 2.34. The van der Waals surface area contributed by atoms with Crippen LogP contribution in [-0.2, 0) is 28.6 Å². The third-order valence-corrected chi connectivity index (χ3v) is 4.11. The number of rotatable bonds is 2. The van der Waals surface area contributed by atoms with Gasteiger partial charge in [-0.3, -0.25) is 14.4 Å². The van der Waals surface area contributed by atoms with Gasteiger partial charge in [0.05, 0.1) is 19.1 Å². The summed E-state index contributed by atoms with van der Waals surface area (Å²) in [6, 6.07) is 0. The van der Waals surface area contributed by atoms with Crippen LogP contribution >= 0.6 is 0 Å². The van der Waals surface area contributed by atoms with E-state index >= 15 is 0 Å². The zero-order chi connectivity index (χ0) is 15.1. The van der Waals surface area contributed by atoms with E-state index in [0.29, 0.717) is 0 Å². The minimum atomic E-state index is -1.17. The minimum absolute atomic E-state index is 0.0878. The Kier molecular flexibility index (Phi) is 3.73. The SMILES string of the molecule is COC(=O)[C@@H]1COC(=O)[C@H]2[C@@H]1[C@@H](O)C[C@@]2(C)OC(C)=O. The highest BCUT2D eigenvalue weighted by Gasteiger charge is 2.62. The first-order chi connectivity index (χ1) is 9.30. The lowest BCUT2D eigenvalue weighted by atomic mass is 9.77. The quantitative estimate of drug-likeness (QED) is 0.547. The van der Waals surface area contributed by atoms with Gasteiger partial charge in [-0.05, 0) is 6.92 Å². The molecule has 2 aliphatic rings. The van der Waals surface area contributed by atoms with E-state index in [-0.39, 0.29) is 13.0 Å². The third-order valence-electron chi connectivity index (χ3n) is 4.11. The predicted molar refractivity (Wildman–Crippen MR) is 64.2 cm³/mol. The van der Waals surface area contributed by atoms with Crippen LogP contribution in [0, 0.1) is 17.8 Å². The number of methoxy groups -OCH3 is 1. The Morgan fingerprint density at radius 1 is 1.45 bits per heavy atom. The maximum atomic E-state index is 12.0. The Morgan fingerprint density at radius 3 is 2.65 bits per heavy atom. The topological polar surface area (TPSA) is 99.1 Å². The number of aliphatic hydroxyl groups is 1. The number of aliphatic hydroxyl groups excluding tert-OH is 1. The fourth-order valence-corrected chi connectivity index (χ4v) is 3.40. The molecule has 0 aromatic carbocycles. The number of fused-ring (bicyclic) bond motifs is 1. The molecule has 112 valence electrons. The van der Waals surface area contributed by atoms with E-state index in [0.717, 1.165) is 0 Å². The average Bonchev–Trinajstić information content (AvgIpc) is 2.60. The molecule has 1 saturated heterocycles. The fourth-order valence-electron chi connectivity index (χ4n) is 3.40. The van der Waals surface area contributed by atoms with Crippen molar-refractivity contribution < 1.29 is 33.7 Å². The summed E-state index contributed by atoms with van der Waals surface area (Å²) >= 11 is 0. The molecule has 7 nitrogen and oxygen atoms in total. The van der Waals surface area contributed by atoms with E-state index in [4.69, 9.17) is 9.47 Å². The molecule has 7 heteroatoms. The predicted octanol–water partition coefficient (Wildman–Crippen LogP) is -0.349. The summed E-state index contributed by atoms with van der Waals surface area (Å²) in [5, 5.41) is 10.2. The molecule has 0 unspecified atom stereocenters. The molecule has 1 heterocycles. The highest BCUT2D eigenvalue weighted by molar-refractivity contribution is 5.81. The summed E-state index contributed by atoms with van der Waals surface area (Å²) in [4.78, 5) is 35.0. The first-order valence-corrected chi connectivity index (χ1v) is 6.42. The molecule has 0 amide bonds. The highest BCUT2D eigenvalue weighted by atomic mass is 16.6. The molecule has 5 atom stereocenters. The highest BCUT2D eigenvalue weighted by Crippen LogP contribution is 2.49. The van der Waals surface area contributed by atoms with E-state index in [1.807, 2.05) is 0 Å². The Labute approximate surface area is 116 Å². The van der Waals surface area contributed by atoms with Crippen LogP contribution in [0.25, 0.3) is 0 Å². The van der Waals surface area contributed by atoms with Crippen LogP contribution in [0.2, 0.25) is 0 Å². The number of carbonyl (C=O) groups is 3. The van der Waals surface area contributed by atoms with Crippen LogP contribution in [0.15, 0.2) is 0 Å². The van der Waals surface area contributed by atoms with Gasteiger partial charge in [-0.1, -0.05) is 0 Å². The smallest absolute Gasteiger partial charge is 0.313 e. The maximum absolute atomic E-state index is 12.0. The molecule has 0 bridgehead atoms. The van der Waals surface area contributed by atoms with Gasteiger partial charge in [0.25, 0.3) is 0 Å². The number of hydrogen-bond acceptors (Lipinski definition) is 7. The Hall–Kier alpha value is -1.63. The van der Waals surface area contributed by atoms with Gasteiger partial charge < -0.3 is 19.3 Å². The Bertz CT molecular complexity index is 446. The van der Waals surface area contributed by atoms with Crippen molar-refractivity contribution in [2.75, 3.05) is 13.7 Å². The monoisotopic (exact) mass is 286 g/mol. The summed E-state index contributed by atoms with van der Waals surface area (Å²) in [5.74, 6) is -3.91. The normalized spacial score (nSPS) is 39.7. The zero-order valence-corrected chi connectivity index (χ0v) is 11.6. The van der Waals surface area contributed by atoms with Crippen molar-refractivity contribution in [3.63, 3.8) is 0 Å².